The maximum atomic E-state index is 10.5. The molecular weight excluding hydrogens is 248 g/mol. The van der Waals surface area contributed by atoms with Gasteiger partial charge in [0.1, 0.15) is 11.5 Å². The van der Waals surface area contributed by atoms with Crippen molar-refractivity contribution in [1.82, 2.24) is 0 Å². The summed E-state index contributed by atoms with van der Waals surface area (Å²) in [6.07, 6.45) is 0.781. The van der Waals surface area contributed by atoms with Gasteiger partial charge in [-0.25, -0.2) is 0 Å². The summed E-state index contributed by atoms with van der Waals surface area (Å²) >= 11 is 0. The van der Waals surface area contributed by atoms with Crippen LogP contribution in [0.4, 0.5) is 0 Å². The fourth-order valence-electron chi connectivity index (χ4n) is 3.20. The number of benzene rings is 3. The summed E-state index contributed by atoms with van der Waals surface area (Å²) in [4.78, 5) is 0. The van der Waals surface area contributed by atoms with E-state index in [2.05, 4.69) is 12.1 Å². The number of hydrogen-bond acceptors (Lipinski definition) is 2. The maximum Gasteiger partial charge on any atom is 0.127 e. The van der Waals surface area contributed by atoms with Gasteiger partial charge in [-0.15, -0.1) is 0 Å². The Labute approximate surface area is 116 Å². The molecule has 2 nitrogen and oxygen atoms in total. The van der Waals surface area contributed by atoms with Gasteiger partial charge in [-0.3, -0.25) is 0 Å². The van der Waals surface area contributed by atoms with E-state index in [-0.39, 0.29) is 5.92 Å². The fourth-order valence-corrected chi connectivity index (χ4v) is 3.20. The number of rotatable bonds is 1. The van der Waals surface area contributed by atoms with Crippen molar-refractivity contribution in [2.24, 2.45) is 0 Å². The van der Waals surface area contributed by atoms with Gasteiger partial charge in [0.2, 0.25) is 0 Å². The molecule has 4 rings (SSSR count). The zero-order chi connectivity index (χ0) is 13.7. The van der Waals surface area contributed by atoms with Crippen molar-refractivity contribution in [2.45, 2.75) is 12.3 Å². The Balaban J connectivity index is 1.96. The van der Waals surface area contributed by atoms with Crippen LogP contribution >= 0.6 is 0 Å². The molecule has 0 radical (unpaired) electrons. The summed E-state index contributed by atoms with van der Waals surface area (Å²) in [5.41, 5.74) is 2.95. The highest BCUT2D eigenvalue weighted by Crippen LogP contribution is 2.52. The zero-order valence-corrected chi connectivity index (χ0v) is 10.9. The monoisotopic (exact) mass is 262 g/mol. The maximum absolute atomic E-state index is 10.5. The first-order chi connectivity index (χ1) is 9.77. The summed E-state index contributed by atoms with van der Waals surface area (Å²) in [6.45, 7) is 0. The number of aromatic hydroxyl groups is 2. The highest BCUT2D eigenvalue weighted by molar-refractivity contribution is 5.97. The third-order valence-corrected chi connectivity index (χ3v) is 4.26. The van der Waals surface area contributed by atoms with Gasteiger partial charge in [-0.1, -0.05) is 54.6 Å². The summed E-state index contributed by atoms with van der Waals surface area (Å²) < 4.78 is 0. The van der Waals surface area contributed by atoms with E-state index in [1.807, 2.05) is 42.5 Å². The first-order valence-corrected chi connectivity index (χ1v) is 6.77. The van der Waals surface area contributed by atoms with E-state index >= 15 is 0 Å². The molecule has 0 aliphatic heterocycles. The minimum atomic E-state index is 0.182. The molecule has 98 valence electrons. The molecule has 0 saturated heterocycles. The lowest BCUT2D eigenvalue weighted by Crippen LogP contribution is -2.19. The van der Waals surface area contributed by atoms with Gasteiger partial charge in [-0.2, -0.15) is 0 Å². The van der Waals surface area contributed by atoms with E-state index in [1.165, 1.54) is 5.56 Å². The molecule has 20 heavy (non-hydrogen) atoms. The molecule has 1 aliphatic rings. The normalized spacial score (nSPS) is 16.7. The number of phenols is 2. The number of phenolic OH excluding ortho intramolecular Hbond substituents is 2. The lowest BCUT2D eigenvalue weighted by Gasteiger charge is -2.33. The van der Waals surface area contributed by atoms with E-state index < -0.39 is 0 Å². The first kappa shape index (κ1) is 11.4. The quantitative estimate of drug-likeness (QED) is 0.652. The molecule has 3 aromatic rings. The van der Waals surface area contributed by atoms with Gasteiger partial charge >= 0.3 is 0 Å². The Morgan fingerprint density at radius 2 is 1.35 bits per heavy atom. The van der Waals surface area contributed by atoms with E-state index in [0.29, 0.717) is 11.5 Å². The van der Waals surface area contributed by atoms with Crippen molar-refractivity contribution < 1.29 is 10.2 Å². The van der Waals surface area contributed by atoms with Crippen LogP contribution in [0.25, 0.3) is 10.8 Å². The summed E-state index contributed by atoms with van der Waals surface area (Å²) in [7, 11) is 0. The predicted octanol–water partition coefficient (Wildman–Crippen LogP) is 3.94. The van der Waals surface area contributed by atoms with E-state index in [4.69, 9.17) is 0 Å². The van der Waals surface area contributed by atoms with Gasteiger partial charge < -0.3 is 10.2 Å². The third-order valence-electron chi connectivity index (χ3n) is 4.26. The lowest BCUT2D eigenvalue weighted by molar-refractivity contribution is 0.438. The molecule has 2 heteroatoms. The molecule has 1 aliphatic carbocycles. The Morgan fingerprint density at radius 3 is 2.05 bits per heavy atom. The highest BCUT2D eigenvalue weighted by Gasteiger charge is 2.35. The third kappa shape index (κ3) is 1.39. The Kier molecular flexibility index (Phi) is 2.27. The molecule has 0 spiro atoms. The van der Waals surface area contributed by atoms with Crippen LogP contribution in [-0.2, 0) is 6.42 Å². The van der Waals surface area contributed by atoms with Crippen molar-refractivity contribution in [2.75, 3.05) is 0 Å². The average molecular weight is 262 g/mol. The average Bonchev–Trinajstić information content (AvgIpc) is 2.46. The van der Waals surface area contributed by atoms with Crippen LogP contribution in [0, 0.1) is 0 Å². The Bertz CT molecular complexity index is 807. The Morgan fingerprint density at radius 1 is 0.750 bits per heavy atom. The second-order valence-electron chi connectivity index (χ2n) is 5.30. The summed E-state index contributed by atoms with van der Waals surface area (Å²) in [5, 5.41) is 22.4. The zero-order valence-electron chi connectivity index (χ0n) is 10.9. The molecule has 0 fully saturated rings. The van der Waals surface area contributed by atoms with Gasteiger partial charge in [0.25, 0.3) is 0 Å². The molecule has 3 aromatic carbocycles. The van der Waals surface area contributed by atoms with Crippen molar-refractivity contribution in [1.29, 1.82) is 0 Å². The molecule has 0 saturated carbocycles. The molecule has 1 unspecified atom stereocenters. The minimum absolute atomic E-state index is 0.182. The molecule has 2 N–H and O–H groups in total. The van der Waals surface area contributed by atoms with Crippen molar-refractivity contribution in [3.8, 4) is 11.5 Å². The molecule has 0 amide bonds. The van der Waals surface area contributed by atoms with Crippen LogP contribution in [0.2, 0.25) is 0 Å². The molecule has 1 atom stereocenters. The topological polar surface area (TPSA) is 40.5 Å². The molecule has 0 bridgehead atoms. The molecule has 0 heterocycles. The van der Waals surface area contributed by atoms with Crippen molar-refractivity contribution in [3.63, 3.8) is 0 Å². The lowest BCUT2D eigenvalue weighted by atomic mass is 9.71. The minimum Gasteiger partial charge on any atom is -0.507 e. The van der Waals surface area contributed by atoms with Crippen molar-refractivity contribution in [3.05, 3.63) is 71.3 Å². The second kappa shape index (κ2) is 4.01. The van der Waals surface area contributed by atoms with Gasteiger partial charge in [0.05, 0.1) is 0 Å². The van der Waals surface area contributed by atoms with Crippen LogP contribution in [-0.4, -0.2) is 10.2 Å². The highest BCUT2D eigenvalue weighted by atomic mass is 16.3. The largest absolute Gasteiger partial charge is 0.507 e. The van der Waals surface area contributed by atoms with Crippen LogP contribution in [0.5, 0.6) is 11.5 Å². The van der Waals surface area contributed by atoms with Crippen molar-refractivity contribution >= 4 is 10.8 Å². The van der Waals surface area contributed by atoms with E-state index in [9.17, 15) is 10.2 Å². The molecule has 0 aromatic heterocycles. The van der Waals surface area contributed by atoms with Gasteiger partial charge in [0, 0.05) is 27.8 Å². The smallest absolute Gasteiger partial charge is 0.127 e. The predicted molar refractivity (Wildman–Crippen MR) is 79.3 cm³/mol. The fraction of sp³-hybridized carbons (Fsp3) is 0.111. The molecular formula is C18H14O2. The Hall–Kier alpha value is -2.48. The van der Waals surface area contributed by atoms with E-state index in [1.54, 1.807) is 0 Å². The van der Waals surface area contributed by atoms with Crippen LogP contribution in [0.3, 0.4) is 0 Å². The van der Waals surface area contributed by atoms with E-state index in [0.717, 1.165) is 28.3 Å². The SMILES string of the molecule is Oc1c2c(c(O)c3ccccc13)C(c1ccccc1)C2. The van der Waals surface area contributed by atoms with Gasteiger partial charge in [0.15, 0.2) is 0 Å². The standard InChI is InChI=1S/C18H14O2/c19-17-12-8-4-5-9-13(12)18(20)16-14(10-15(16)17)11-6-2-1-3-7-11/h1-9,14,19-20H,10H2. The summed E-state index contributed by atoms with van der Waals surface area (Å²) in [6, 6.07) is 17.6. The summed E-state index contributed by atoms with van der Waals surface area (Å²) in [5.74, 6) is 0.816. The van der Waals surface area contributed by atoms with Gasteiger partial charge in [-0.05, 0) is 12.0 Å². The second-order valence-corrected chi connectivity index (χ2v) is 5.30. The number of fused-ring (bicyclic) bond motifs is 2. The van der Waals surface area contributed by atoms with Crippen LogP contribution < -0.4 is 0 Å². The van der Waals surface area contributed by atoms with Crippen LogP contribution in [0.15, 0.2) is 54.6 Å². The van der Waals surface area contributed by atoms with Crippen LogP contribution in [0.1, 0.15) is 22.6 Å². The first-order valence-electron chi connectivity index (χ1n) is 6.77. The number of hydrogen-bond donors (Lipinski definition) is 2.